The van der Waals surface area contributed by atoms with E-state index in [2.05, 4.69) is 4.90 Å². The van der Waals surface area contributed by atoms with Gasteiger partial charge < -0.3 is 9.64 Å². The second-order valence-corrected chi connectivity index (χ2v) is 6.05. The Labute approximate surface area is 150 Å². The topological polar surface area (TPSA) is 89.8 Å². The third-order valence-electron chi connectivity index (χ3n) is 4.27. The van der Waals surface area contributed by atoms with Crippen molar-refractivity contribution >= 4 is 23.1 Å². The summed E-state index contributed by atoms with van der Waals surface area (Å²) in [5, 5.41) is 10.8. The molecule has 1 heterocycles. The highest BCUT2D eigenvalue weighted by molar-refractivity contribution is 5.99. The van der Waals surface area contributed by atoms with Crippen LogP contribution < -0.4 is 4.90 Å². The van der Waals surface area contributed by atoms with Gasteiger partial charge >= 0.3 is 5.97 Å². The zero-order valence-electron chi connectivity index (χ0n) is 14.1. The highest BCUT2D eigenvalue weighted by atomic mass is 16.6. The predicted octanol–water partition coefficient (Wildman–Crippen LogP) is 3.23. The van der Waals surface area contributed by atoms with Gasteiger partial charge in [0.15, 0.2) is 6.61 Å². The molecule has 0 aliphatic carbocycles. The molecule has 1 aliphatic heterocycles. The molecule has 0 N–H and O–H groups in total. The molecule has 1 aliphatic rings. The van der Waals surface area contributed by atoms with E-state index in [0.29, 0.717) is 5.56 Å². The Hall–Kier alpha value is -3.22. The Bertz CT molecular complexity index is 843. The number of ether oxygens (including phenoxy) is 1. The smallest absolute Gasteiger partial charge is 0.338 e. The van der Waals surface area contributed by atoms with Crippen LogP contribution in [0.2, 0.25) is 0 Å². The number of non-ortho nitro benzene ring substituents is 1. The quantitative estimate of drug-likeness (QED) is 0.342. The molecule has 0 bridgehead atoms. The second kappa shape index (κ2) is 7.77. The summed E-state index contributed by atoms with van der Waals surface area (Å²) >= 11 is 0. The zero-order chi connectivity index (χ0) is 18.5. The van der Waals surface area contributed by atoms with E-state index < -0.39 is 23.3 Å². The molecule has 0 amide bonds. The van der Waals surface area contributed by atoms with E-state index in [1.165, 1.54) is 24.3 Å². The normalized spacial score (nSPS) is 13.5. The van der Waals surface area contributed by atoms with Gasteiger partial charge in [-0.3, -0.25) is 14.9 Å². The van der Waals surface area contributed by atoms with E-state index in [1.807, 2.05) is 6.07 Å². The third kappa shape index (κ3) is 4.05. The summed E-state index contributed by atoms with van der Waals surface area (Å²) in [6.07, 6.45) is 2.26. The minimum atomic E-state index is -0.593. The van der Waals surface area contributed by atoms with E-state index in [0.717, 1.165) is 31.6 Å². The van der Waals surface area contributed by atoms with Crippen LogP contribution in [0.3, 0.4) is 0 Å². The van der Waals surface area contributed by atoms with Crippen LogP contribution in [0.5, 0.6) is 0 Å². The minimum Gasteiger partial charge on any atom is -0.454 e. The molecule has 0 saturated carbocycles. The summed E-state index contributed by atoms with van der Waals surface area (Å²) in [4.78, 5) is 36.7. The summed E-state index contributed by atoms with van der Waals surface area (Å²) in [6, 6.07) is 12.5. The van der Waals surface area contributed by atoms with Gasteiger partial charge in [-0.25, -0.2) is 4.79 Å². The van der Waals surface area contributed by atoms with Gasteiger partial charge in [0.2, 0.25) is 5.78 Å². The van der Waals surface area contributed by atoms with E-state index in [-0.39, 0.29) is 11.3 Å². The van der Waals surface area contributed by atoms with Gasteiger partial charge in [-0.15, -0.1) is 0 Å². The number of rotatable bonds is 6. The average Bonchev–Trinajstić information content (AvgIpc) is 3.21. The lowest BCUT2D eigenvalue weighted by atomic mass is 10.1. The summed E-state index contributed by atoms with van der Waals surface area (Å²) in [7, 11) is 0. The molecular formula is C19H18N2O5. The third-order valence-corrected chi connectivity index (χ3v) is 4.27. The molecule has 0 spiro atoms. The Morgan fingerprint density at radius 3 is 2.46 bits per heavy atom. The highest BCUT2D eigenvalue weighted by Crippen LogP contribution is 2.21. The minimum absolute atomic E-state index is 0.137. The van der Waals surface area contributed by atoms with Gasteiger partial charge in [0, 0.05) is 36.5 Å². The van der Waals surface area contributed by atoms with E-state index in [9.17, 15) is 19.7 Å². The molecule has 2 aromatic rings. The summed E-state index contributed by atoms with van der Waals surface area (Å²) in [5.74, 6) is -1.08. The fourth-order valence-electron chi connectivity index (χ4n) is 2.90. The fraction of sp³-hybridized carbons (Fsp3) is 0.263. The molecule has 134 valence electrons. The second-order valence-electron chi connectivity index (χ2n) is 6.05. The Balaban J connectivity index is 1.63. The van der Waals surface area contributed by atoms with Crippen LogP contribution >= 0.6 is 0 Å². The van der Waals surface area contributed by atoms with Crippen LogP contribution in [0.1, 0.15) is 33.6 Å². The Morgan fingerprint density at radius 1 is 1.04 bits per heavy atom. The first-order valence-electron chi connectivity index (χ1n) is 8.34. The number of hydrogen-bond donors (Lipinski definition) is 0. The number of carbonyl (C=O) groups is 2. The van der Waals surface area contributed by atoms with Crippen molar-refractivity contribution in [3.8, 4) is 0 Å². The van der Waals surface area contributed by atoms with Crippen LogP contribution in [0.25, 0.3) is 0 Å². The van der Waals surface area contributed by atoms with Gasteiger partial charge in [-0.05, 0) is 31.0 Å². The fourth-order valence-corrected chi connectivity index (χ4v) is 2.90. The van der Waals surface area contributed by atoms with Crippen molar-refractivity contribution in [2.75, 3.05) is 24.6 Å². The number of benzene rings is 2. The van der Waals surface area contributed by atoms with Crippen LogP contribution in [0.15, 0.2) is 48.5 Å². The molecule has 0 radical (unpaired) electrons. The van der Waals surface area contributed by atoms with Gasteiger partial charge in [0.05, 0.1) is 10.5 Å². The van der Waals surface area contributed by atoms with Crippen molar-refractivity contribution in [3.05, 3.63) is 69.8 Å². The van der Waals surface area contributed by atoms with Gasteiger partial charge in [-0.2, -0.15) is 0 Å². The lowest BCUT2D eigenvalue weighted by Gasteiger charge is -2.18. The number of Topliss-reactive ketones (excluding diaryl/α,β-unsaturated/α-hetero) is 1. The molecular weight excluding hydrogens is 336 g/mol. The molecule has 0 atom stereocenters. The number of ketones is 1. The number of nitro benzene ring substituents is 1. The van der Waals surface area contributed by atoms with Crippen LogP contribution in [-0.2, 0) is 4.74 Å². The van der Waals surface area contributed by atoms with Crippen molar-refractivity contribution in [2.45, 2.75) is 12.8 Å². The predicted molar refractivity (Wildman–Crippen MR) is 95.6 cm³/mol. The van der Waals surface area contributed by atoms with Crippen LogP contribution in [0, 0.1) is 10.1 Å². The SMILES string of the molecule is O=C(COC(=O)c1cccc(N2CCCC2)c1)c1cccc([N+](=O)[O-])c1. The molecule has 0 aromatic heterocycles. The van der Waals surface area contributed by atoms with Crippen molar-refractivity contribution in [3.63, 3.8) is 0 Å². The first kappa shape index (κ1) is 17.6. The van der Waals surface area contributed by atoms with E-state index in [4.69, 9.17) is 4.74 Å². The van der Waals surface area contributed by atoms with Gasteiger partial charge in [0.25, 0.3) is 5.69 Å². The first-order chi connectivity index (χ1) is 12.5. The molecule has 1 fully saturated rings. The molecule has 7 nitrogen and oxygen atoms in total. The van der Waals surface area contributed by atoms with Gasteiger partial charge in [-0.1, -0.05) is 18.2 Å². The molecule has 2 aromatic carbocycles. The lowest BCUT2D eigenvalue weighted by molar-refractivity contribution is -0.384. The van der Waals surface area contributed by atoms with E-state index >= 15 is 0 Å². The standard InChI is InChI=1S/C19H18N2O5/c22-18(14-5-3-8-17(11-14)21(24)25)13-26-19(23)15-6-4-7-16(12-15)20-9-1-2-10-20/h3-8,11-12H,1-2,9-10,13H2. The average molecular weight is 354 g/mol. The molecule has 3 rings (SSSR count). The maximum atomic E-state index is 12.2. The Morgan fingerprint density at radius 2 is 1.73 bits per heavy atom. The largest absolute Gasteiger partial charge is 0.454 e. The van der Waals surface area contributed by atoms with Crippen LogP contribution in [-0.4, -0.2) is 36.4 Å². The van der Waals surface area contributed by atoms with E-state index in [1.54, 1.807) is 18.2 Å². The Kier molecular flexibility index (Phi) is 5.26. The highest BCUT2D eigenvalue weighted by Gasteiger charge is 2.17. The number of carbonyl (C=O) groups excluding carboxylic acids is 2. The van der Waals surface area contributed by atoms with Gasteiger partial charge in [0.1, 0.15) is 0 Å². The molecule has 1 saturated heterocycles. The summed E-state index contributed by atoms with van der Waals surface area (Å²) in [6.45, 7) is 1.46. The van der Waals surface area contributed by atoms with Crippen molar-refractivity contribution in [1.29, 1.82) is 0 Å². The number of hydrogen-bond acceptors (Lipinski definition) is 6. The summed E-state index contributed by atoms with van der Waals surface area (Å²) < 4.78 is 5.09. The molecule has 0 unspecified atom stereocenters. The van der Waals surface area contributed by atoms with Crippen molar-refractivity contribution < 1.29 is 19.2 Å². The first-order valence-corrected chi connectivity index (χ1v) is 8.34. The maximum Gasteiger partial charge on any atom is 0.338 e. The number of nitro groups is 1. The molecule has 7 heteroatoms. The number of esters is 1. The van der Waals surface area contributed by atoms with Crippen molar-refractivity contribution in [2.24, 2.45) is 0 Å². The summed E-state index contributed by atoms with van der Waals surface area (Å²) in [5.41, 5.74) is 1.29. The molecule has 26 heavy (non-hydrogen) atoms. The maximum absolute atomic E-state index is 12.2. The monoisotopic (exact) mass is 354 g/mol. The lowest BCUT2D eigenvalue weighted by Crippen LogP contribution is -2.18. The number of nitrogens with zero attached hydrogens (tertiary/aromatic N) is 2. The zero-order valence-corrected chi connectivity index (χ0v) is 14.1. The van der Waals surface area contributed by atoms with Crippen LogP contribution in [0.4, 0.5) is 11.4 Å². The van der Waals surface area contributed by atoms with Crippen molar-refractivity contribution in [1.82, 2.24) is 0 Å². The number of anilines is 1.